The maximum atomic E-state index is 11.5. The van der Waals surface area contributed by atoms with Gasteiger partial charge in [0.25, 0.3) is 0 Å². The second-order valence-electron chi connectivity index (χ2n) is 6.12. The molecule has 4 aromatic carbocycles. The third kappa shape index (κ3) is 2.62. The first-order chi connectivity index (χ1) is 12.8. The highest BCUT2D eigenvalue weighted by Gasteiger charge is 2.13. The Bertz CT molecular complexity index is 1040. The van der Waals surface area contributed by atoms with Gasteiger partial charge in [0.1, 0.15) is 0 Å². The molecule has 124 valence electrons. The Morgan fingerprint density at radius 1 is 0.423 bits per heavy atom. The molecular formula is C24H16O2. The molecule has 0 spiro atoms. The molecule has 0 saturated carbocycles. The van der Waals surface area contributed by atoms with Crippen molar-refractivity contribution in [1.29, 1.82) is 0 Å². The summed E-state index contributed by atoms with van der Waals surface area (Å²) in [4.78, 5) is 22.9. The number of fused-ring (bicyclic) bond motifs is 1. The van der Waals surface area contributed by atoms with Gasteiger partial charge < -0.3 is 0 Å². The lowest BCUT2D eigenvalue weighted by molar-refractivity contribution is 0.111. The van der Waals surface area contributed by atoms with E-state index in [0.717, 1.165) is 45.6 Å². The van der Waals surface area contributed by atoms with Crippen molar-refractivity contribution in [3.05, 3.63) is 96.1 Å². The molecule has 0 aliphatic rings. The number of hydrogen-bond donors (Lipinski definition) is 0. The fourth-order valence-corrected chi connectivity index (χ4v) is 3.46. The largest absolute Gasteiger partial charge is 0.298 e. The molecule has 0 aromatic heterocycles. The van der Waals surface area contributed by atoms with Gasteiger partial charge in [0.2, 0.25) is 0 Å². The summed E-state index contributed by atoms with van der Waals surface area (Å²) in [5, 5.41) is 2.11. The molecule has 4 rings (SSSR count). The van der Waals surface area contributed by atoms with Gasteiger partial charge in [-0.1, -0.05) is 84.9 Å². The molecular weight excluding hydrogens is 320 g/mol. The van der Waals surface area contributed by atoms with Crippen molar-refractivity contribution in [2.24, 2.45) is 0 Å². The smallest absolute Gasteiger partial charge is 0.150 e. The van der Waals surface area contributed by atoms with Crippen molar-refractivity contribution in [3.63, 3.8) is 0 Å². The predicted molar refractivity (Wildman–Crippen MR) is 106 cm³/mol. The van der Waals surface area contributed by atoms with Gasteiger partial charge in [0.05, 0.1) is 0 Å². The van der Waals surface area contributed by atoms with E-state index in [2.05, 4.69) is 12.1 Å². The maximum absolute atomic E-state index is 11.5. The van der Waals surface area contributed by atoms with Gasteiger partial charge in [0.15, 0.2) is 12.6 Å². The lowest BCUT2D eigenvalue weighted by Gasteiger charge is -2.14. The number of carbonyl (C=O) groups is 2. The Hall–Kier alpha value is -3.52. The summed E-state index contributed by atoms with van der Waals surface area (Å²) in [5.41, 5.74) is 5.17. The molecule has 0 fully saturated rings. The summed E-state index contributed by atoms with van der Waals surface area (Å²) in [6, 6.07) is 27.3. The first-order valence-electron chi connectivity index (χ1n) is 8.44. The van der Waals surface area contributed by atoms with Crippen LogP contribution in [-0.4, -0.2) is 12.6 Å². The lowest BCUT2D eigenvalue weighted by atomic mass is 9.89. The monoisotopic (exact) mass is 336 g/mol. The minimum atomic E-state index is 0.665. The molecule has 2 nitrogen and oxygen atoms in total. The minimum Gasteiger partial charge on any atom is -0.298 e. The van der Waals surface area contributed by atoms with Crippen LogP contribution in [0.2, 0.25) is 0 Å². The van der Waals surface area contributed by atoms with Gasteiger partial charge >= 0.3 is 0 Å². The van der Waals surface area contributed by atoms with Crippen LogP contribution < -0.4 is 0 Å². The summed E-state index contributed by atoms with van der Waals surface area (Å²) < 4.78 is 0. The molecule has 0 amide bonds. The molecule has 26 heavy (non-hydrogen) atoms. The lowest BCUT2D eigenvalue weighted by Crippen LogP contribution is -1.92. The molecule has 0 unspecified atom stereocenters. The van der Waals surface area contributed by atoms with E-state index >= 15 is 0 Å². The summed E-state index contributed by atoms with van der Waals surface area (Å²) in [6.07, 6.45) is 1.78. The molecule has 0 heterocycles. The van der Waals surface area contributed by atoms with Crippen LogP contribution in [0.1, 0.15) is 20.7 Å². The molecule has 0 bridgehead atoms. The zero-order chi connectivity index (χ0) is 17.9. The molecule has 0 atom stereocenters. The summed E-state index contributed by atoms with van der Waals surface area (Å²) in [5.74, 6) is 0. The molecule has 0 aliphatic carbocycles. The van der Waals surface area contributed by atoms with Crippen LogP contribution in [0.25, 0.3) is 33.0 Å². The predicted octanol–water partition coefficient (Wildman–Crippen LogP) is 5.80. The fourth-order valence-electron chi connectivity index (χ4n) is 3.46. The van der Waals surface area contributed by atoms with E-state index in [1.807, 2.05) is 72.8 Å². The fraction of sp³-hybridized carbons (Fsp3) is 0. The van der Waals surface area contributed by atoms with Gasteiger partial charge in [-0.25, -0.2) is 0 Å². The number of carbonyl (C=O) groups excluding carboxylic acids is 2. The van der Waals surface area contributed by atoms with E-state index in [1.54, 1.807) is 0 Å². The van der Waals surface area contributed by atoms with Crippen LogP contribution in [0.5, 0.6) is 0 Å². The third-order valence-corrected chi connectivity index (χ3v) is 4.68. The van der Waals surface area contributed by atoms with Crippen LogP contribution in [0.4, 0.5) is 0 Å². The minimum absolute atomic E-state index is 0.665. The second kappa shape index (κ2) is 6.77. The van der Waals surface area contributed by atoms with Crippen LogP contribution in [0, 0.1) is 0 Å². The normalized spacial score (nSPS) is 10.6. The molecule has 0 N–H and O–H groups in total. The van der Waals surface area contributed by atoms with Crippen LogP contribution >= 0.6 is 0 Å². The molecule has 0 radical (unpaired) electrons. The summed E-state index contributed by atoms with van der Waals surface area (Å²) in [6.45, 7) is 0. The first-order valence-corrected chi connectivity index (χ1v) is 8.44. The first kappa shape index (κ1) is 16.0. The van der Waals surface area contributed by atoms with E-state index in [-0.39, 0.29) is 0 Å². The van der Waals surface area contributed by atoms with Crippen molar-refractivity contribution in [3.8, 4) is 22.3 Å². The number of aldehydes is 2. The standard InChI is InChI=1S/C24H16O2/c25-15-17-7-1-3-9-19(17)23-13-14-24(22-12-6-5-11-21(22)23)20-10-4-2-8-18(20)16-26/h1-16H. The van der Waals surface area contributed by atoms with Crippen LogP contribution in [0.15, 0.2) is 84.9 Å². The highest BCUT2D eigenvalue weighted by atomic mass is 16.1. The average molecular weight is 336 g/mol. The van der Waals surface area contributed by atoms with Crippen molar-refractivity contribution >= 4 is 23.3 Å². The maximum Gasteiger partial charge on any atom is 0.150 e. The van der Waals surface area contributed by atoms with E-state index < -0.39 is 0 Å². The zero-order valence-corrected chi connectivity index (χ0v) is 14.1. The number of benzene rings is 4. The van der Waals surface area contributed by atoms with E-state index in [1.165, 1.54) is 0 Å². The average Bonchev–Trinajstić information content (AvgIpc) is 2.73. The molecule has 4 aromatic rings. The van der Waals surface area contributed by atoms with Gasteiger partial charge in [-0.2, -0.15) is 0 Å². The highest BCUT2D eigenvalue weighted by Crippen LogP contribution is 2.37. The molecule has 2 heteroatoms. The zero-order valence-electron chi connectivity index (χ0n) is 14.1. The van der Waals surface area contributed by atoms with Crippen LogP contribution in [0.3, 0.4) is 0 Å². The van der Waals surface area contributed by atoms with Crippen molar-refractivity contribution in [2.75, 3.05) is 0 Å². The van der Waals surface area contributed by atoms with Gasteiger partial charge in [-0.3, -0.25) is 9.59 Å². The van der Waals surface area contributed by atoms with Crippen molar-refractivity contribution < 1.29 is 9.59 Å². The van der Waals surface area contributed by atoms with E-state index in [0.29, 0.717) is 11.1 Å². The van der Waals surface area contributed by atoms with Crippen molar-refractivity contribution in [2.45, 2.75) is 0 Å². The third-order valence-electron chi connectivity index (χ3n) is 4.68. The Kier molecular flexibility index (Phi) is 4.16. The summed E-state index contributed by atoms with van der Waals surface area (Å²) in [7, 11) is 0. The quantitative estimate of drug-likeness (QED) is 0.441. The van der Waals surface area contributed by atoms with E-state index in [9.17, 15) is 9.59 Å². The number of rotatable bonds is 4. The topological polar surface area (TPSA) is 34.1 Å². The Balaban J connectivity index is 2.04. The van der Waals surface area contributed by atoms with Gasteiger partial charge in [0, 0.05) is 11.1 Å². The Morgan fingerprint density at radius 2 is 0.808 bits per heavy atom. The Morgan fingerprint density at radius 3 is 1.23 bits per heavy atom. The van der Waals surface area contributed by atoms with Gasteiger partial charge in [-0.05, 0) is 33.0 Å². The molecule has 0 saturated heterocycles. The SMILES string of the molecule is O=Cc1ccccc1-c1ccc(-c2ccccc2C=O)c2ccccc12. The Labute approximate surface area is 151 Å². The highest BCUT2D eigenvalue weighted by molar-refractivity contribution is 6.08. The molecule has 0 aliphatic heterocycles. The van der Waals surface area contributed by atoms with Crippen LogP contribution in [-0.2, 0) is 0 Å². The van der Waals surface area contributed by atoms with Crippen molar-refractivity contribution in [1.82, 2.24) is 0 Å². The summed E-state index contributed by atoms with van der Waals surface area (Å²) >= 11 is 0. The van der Waals surface area contributed by atoms with E-state index in [4.69, 9.17) is 0 Å². The number of hydrogen-bond acceptors (Lipinski definition) is 2. The second-order valence-corrected chi connectivity index (χ2v) is 6.12. The van der Waals surface area contributed by atoms with Gasteiger partial charge in [-0.15, -0.1) is 0 Å².